The van der Waals surface area contributed by atoms with Crippen LogP contribution in [0.5, 0.6) is 0 Å². The summed E-state index contributed by atoms with van der Waals surface area (Å²) < 4.78 is 7.02. The van der Waals surface area contributed by atoms with Crippen LogP contribution >= 0.6 is 0 Å². The van der Waals surface area contributed by atoms with Crippen molar-refractivity contribution in [2.75, 3.05) is 0 Å². The predicted octanol–water partition coefficient (Wildman–Crippen LogP) is 1.71. The number of benzene rings is 1. The van der Waals surface area contributed by atoms with Gasteiger partial charge < -0.3 is 10.3 Å². The van der Waals surface area contributed by atoms with Gasteiger partial charge in [0.2, 0.25) is 0 Å². The molecule has 0 amide bonds. The Labute approximate surface area is 127 Å². The number of rotatable bonds is 3. The second-order valence-electron chi connectivity index (χ2n) is 5.52. The van der Waals surface area contributed by atoms with E-state index in [1.165, 1.54) is 17.5 Å². The molecule has 112 valence electrons. The van der Waals surface area contributed by atoms with Crippen molar-refractivity contribution in [1.82, 2.24) is 24.9 Å². The number of fused-ring (bicyclic) bond motifs is 1. The first-order valence-corrected chi connectivity index (χ1v) is 7.33. The van der Waals surface area contributed by atoms with Crippen LogP contribution in [0.25, 0.3) is 11.5 Å². The molecule has 1 aliphatic rings. The highest BCUT2D eigenvalue weighted by atomic mass is 16.5. The van der Waals surface area contributed by atoms with Crippen molar-refractivity contribution in [3.63, 3.8) is 0 Å². The summed E-state index contributed by atoms with van der Waals surface area (Å²) in [4.78, 5) is 8.32. The van der Waals surface area contributed by atoms with Gasteiger partial charge in [-0.3, -0.25) is 0 Å². The molecule has 1 atom stereocenters. The highest BCUT2D eigenvalue weighted by Gasteiger charge is 2.18. The minimum atomic E-state index is 0.142. The second-order valence-corrected chi connectivity index (χ2v) is 5.52. The number of hydrogen-bond donors (Lipinski definition) is 1. The first-order chi connectivity index (χ1) is 10.8. The van der Waals surface area contributed by atoms with Gasteiger partial charge in [0.25, 0.3) is 5.89 Å². The highest BCUT2D eigenvalue weighted by Crippen LogP contribution is 2.31. The van der Waals surface area contributed by atoms with Crippen molar-refractivity contribution in [2.45, 2.75) is 31.8 Å². The Hall–Kier alpha value is -2.54. The quantitative estimate of drug-likeness (QED) is 0.790. The molecule has 0 spiro atoms. The minimum absolute atomic E-state index is 0.142. The van der Waals surface area contributed by atoms with Crippen molar-refractivity contribution in [3.8, 4) is 11.5 Å². The lowest BCUT2D eigenvalue weighted by Gasteiger charge is -2.22. The third kappa shape index (κ3) is 2.39. The molecular weight excluding hydrogens is 280 g/mol. The molecule has 0 saturated carbocycles. The number of nitrogens with two attached hydrogens (primary N) is 1. The van der Waals surface area contributed by atoms with Gasteiger partial charge in [0, 0.05) is 11.6 Å². The summed E-state index contributed by atoms with van der Waals surface area (Å²) in [6.07, 6.45) is 6.33. The molecule has 7 nitrogen and oxygen atoms in total. The smallest absolute Gasteiger partial charge is 0.257 e. The summed E-state index contributed by atoms with van der Waals surface area (Å²) in [6, 6.07) is 6.33. The SMILES string of the molecule is NC1CCCc2cc(-c3nc(Cn4cncn4)no3)ccc21. The molecule has 22 heavy (non-hydrogen) atoms. The van der Waals surface area contributed by atoms with E-state index in [-0.39, 0.29) is 6.04 Å². The number of nitrogens with zero attached hydrogens (tertiary/aromatic N) is 5. The van der Waals surface area contributed by atoms with E-state index in [4.69, 9.17) is 10.3 Å². The van der Waals surface area contributed by atoms with Crippen molar-refractivity contribution < 1.29 is 4.52 Å². The topological polar surface area (TPSA) is 95.7 Å². The molecule has 0 radical (unpaired) electrons. The summed E-state index contributed by atoms with van der Waals surface area (Å²) in [6.45, 7) is 0.444. The Balaban J connectivity index is 1.61. The van der Waals surface area contributed by atoms with E-state index >= 15 is 0 Å². The Morgan fingerprint density at radius 1 is 1.36 bits per heavy atom. The highest BCUT2D eigenvalue weighted by molar-refractivity contribution is 5.56. The first-order valence-electron chi connectivity index (χ1n) is 7.33. The number of hydrogen-bond acceptors (Lipinski definition) is 6. The molecule has 0 saturated heterocycles. The Bertz CT molecular complexity index is 779. The maximum atomic E-state index is 6.15. The lowest BCUT2D eigenvalue weighted by atomic mass is 9.87. The molecule has 0 fully saturated rings. The lowest BCUT2D eigenvalue weighted by molar-refractivity contribution is 0.418. The molecule has 0 aliphatic heterocycles. The molecule has 1 aromatic carbocycles. The predicted molar refractivity (Wildman–Crippen MR) is 78.7 cm³/mol. The average molecular weight is 296 g/mol. The Kier molecular flexibility index (Phi) is 3.19. The second kappa shape index (κ2) is 5.34. The zero-order valence-electron chi connectivity index (χ0n) is 12.0. The average Bonchev–Trinajstić information content (AvgIpc) is 3.20. The summed E-state index contributed by atoms with van der Waals surface area (Å²) in [5, 5.41) is 8.02. The van der Waals surface area contributed by atoms with Crippen LogP contribution in [-0.4, -0.2) is 24.9 Å². The largest absolute Gasteiger partial charge is 0.334 e. The van der Waals surface area contributed by atoms with Crippen LogP contribution in [-0.2, 0) is 13.0 Å². The minimum Gasteiger partial charge on any atom is -0.334 e. The Morgan fingerprint density at radius 3 is 3.18 bits per heavy atom. The van der Waals surface area contributed by atoms with Gasteiger partial charge in [0.15, 0.2) is 5.82 Å². The summed E-state index contributed by atoms with van der Waals surface area (Å²) in [7, 11) is 0. The maximum Gasteiger partial charge on any atom is 0.257 e. The van der Waals surface area contributed by atoms with Crippen LogP contribution in [0.2, 0.25) is 0 Å². The molecule has 2 N–H and O–H groups in total. The summed E-state index contributed by atoms with van der Waals surface area (Å²) >= 11 is 0. The van der Waals surface area contributed by atoms with Crippen LogP contribution in [0.4, 0.5) is 0 Å². The monoisotopic (exact) mass is 296 g/mol. The van der Waals surface area contributed by atoms with E-state index in [0.717, 1.165) is 24.8 Å². The van der Waals surface area contributed by atoms with E-state index < -0.39 is 0 Å². The molecule has 1 unspecified atom stereocenters. The fraction of sp³-hybridized carbons (Fsp3) is 0.333. The molecule has 4 rings (SSSR count). The van der Waals surface area contributed by atoms with Gasteiger partial charge in [-0.25, -0.2) is 9.67 Å². The maximum absolute atomic E-state index is 6.15. The number of aryl methyl sites for hydroxylation is 1. The lowest BCUT2D eigenvalue weighted by Crippen LogP contribution is -2.17. The molecule has 0 bridgehead atoms. The van der Waals surface area contributed by atoms with Crippen LogP contribution in [0.3, 0.4) is 0 Å². The molecule has 3 aromatic rings. The van der Waals surface area contributed by atoms with Gasteiger partial charge in [-0.15, -0.1) is 0 Å². The van der Waals surface area contributed by atoms with E-state index in [2.05, 4.69) is 32.4 Å². The third-order valence-electron chi connectivity index (χ3n) is 3.99. The van der Waals surface area contributed by atoms with Gasteiger partial charge in [0.1, 0.15) is 19.2 Å². The molecular formula is C15H16N6O. The van der Waals surface area contributed by atoms with Crippen LogP contribution in [0.1, 0.15) is 35.8 Å². The van der Waals surface area contributed by atoms with E-state index in [9.17, 15) is 0 Å². The van der Waals surface area contributed by atoms with Crippen LogP contribution in [0, 0.1) is 0 Å². The van der Waals surface area contributed by atoms with Gasteiger partial charge in [-0.1, -0.05) is 11.2 Å². The van der Waals surface area contributed by atoms with Gasteiger partial charge in [-0.05, 0) is 42.5 Å². The van der Waals surface area contributed by atoms with E-state index in [1.54, 1.807) is 11.0 Å². The fourth-order valence-electron chi connectivity index (χ4n) is 2.88. The van der Waals surface area contributed by atoms with Crippen molar-refractivity contribution in [1.29, 1.82) is 0 Å². The first kappa shape index (κ1) is 13.1. The molecule has 7 heteroatoms. The number of aromatic nitrogens is 5. The normalized spacial score (nSPS) is 17.4. The molecule has 2 aromatic heterocycles. The van der Waals surface area contributed by atoms with Crippen molar-refractivity contribution in [3.05, 3.63) is 47.8 Å². The van der Waals surface area contributed by atoms with Crippen LogP contribution < -0.4 is 5.73 Å². The fourth-order valence-corrected chi connectivity index (χ4v) is 2.88. The molecule has 2 heterocycles. The standard InChI is InChI=1S/C15H16N6O/c16-13-3-1-2-10-6-11(4-5-12(10)13)15-19-14(20-22-15)7-21-9-17-8-18-21/h4-6,8-9,13H,1-3,7,16H2. The summed E-state index contributed by atoms with van der Waals surface area (Å²) in [5.41, 5.74) is 9.60. The Morgan fingerprint density at radius 2 is 2.32 bits per heavy atom. The van der Waals surface area contributed by atoms with E-state index in [1.807, 2.05) is 6.07 Å². The van der Waals surface area contributed by atoms with Crippen molar-refractivity contribution >= 4 is 0 Å². The zero-order valence-corrected chi connectivity index (χ0v) is 12.0. The van der Waals surface area contributed by atoms with Crippen molar-refractivity contribution in [2.24, 2.45) is 5.73 Å². The molecule has 1 aliphatic carbocycles. The van der Waals surface area contributed by atoms with Gasteiger partial charge >= 0.3 is 0 Å². The van der Waals surface area contributed by atoms with E-state index in [0.29, 0.717) is 18.3 Å². The zero-order chi connectivity index (χ0) is 14.9. The van der Waals surface area contributed by atoms with Gasteiger partial charge in [-0.2, -0.15) is 10.1 Å². The third-order valence-corrected chi connectivity index (χ3v) is 3.99. The summed E-state index contributed by atoms with van der Waals surface area (Å²) in [5.74, 6) is 1.10. The van der Waals surface area contributed by atoms with Gasteiger partial charge in [0.05, 0.1) is 0 Å². The van der Waals surface area contributed by atoms with Crippen LogP contribution in [0.15, 0.2) is 35.4 Å².